The number of pyridine rings is 1. The van der Waals surface area contributed by atoms with Gasteiger partial charge in [0.15, 0.2) is 0 Å². The fourth-order valence-electron chi connectivity index (χ4n) is 2.17. The molecule has 8 heteroatoms. The van der Waals surface area contributed by atoms with Gasteiger partial charge >= 0.3 is 6.03 Å². The number of benzene rings is 2. The molecule has 0 radical (unpaired) electrons. The molecule has 0 aliphatic carbocycles. The minimum Gasteiger partial charge on any atom is -0.457 e. The summed E-state index contributed by atoms with van der Waals surface area (Å²) < 4.78 is 19.2. The highest BCUT2D eigenvalue weighted by molar-refractivity contribution is 5.97. The summed E-state index contributed by atoms with van der Waals surface area (Å²) in [6.45, 7) is 0. The number of carbonyl (C=O) groups is 2. The number of amides is 3. The van der Waals surface area contributed by atoms with Crippen molar-refractivity contribution < 1.29 is 18.7 Å². The van der Waals surface area contributed by atoms with E-state index in [9.17, 15) is 14.0 Å². The number of hydrogen-bond donors (Lipinski definition) is 3. The van der Waals surface area contributed by atoms with E-state index in [4.69, 9.17) is 4.74 Å². The van der Waals surface area contributed by atoms with Crippen LogP contribution in [0.2, 0.25) is 0 Å². The number of halogens is 1. The summed E-state index contributed by atoms with van der Waals surface area (Å²) in [5.74, 6) is -0.339. The Kier molecular flexibility index (Phi) is 5.58. The first-order valence-corrected chi connectivity index (χ1v) is 7.91. The largest absolute Gasteiger partial charge is 0.457 e. The molecule has 0 fully saturated rings. The van der Waals surface area contributed by atoms with Crippen molar-refractivity contribution in [2.45, 2.75) is 0 Å². The van der Waals surface area contributed by atoms with Crippen LogP contribution >= 0.6 is 0 Å². The number of hydrazine groups is 1. The van der Waals surface area contributed by atoms with E-state index < -0.39 is 17.8 Å². The highest BCUT2D eigenvalue weighted by atomic mass is 19.1. The summed E-state index contributed by atoms with van der Waals surface area (Å²) in [6.07, 6.45) is 3.20. The average Bonchev–Trinajstić information content (AvgIpc) is 2.67. The van der Waals surface area contributed by atoms with Crippen LogP contribution in [0.15, 0.2) is 73.1 Å². The van der Waals surface area contributed by atoms with Crippen LogP contribution in [0.3, 0.4) is 0 Å². The van der Waals surface area contributed by atoms with E-state index in [2.05, 4.69) is 21.2 Å². The lowest BCUT2D eigenvalue weighted by Gasteiger charge is -2.11. The van der Waals surface area contributed by atoms with Crippen LogP contribution in [0.25, 0.3) is 0 Å². The zero-order valence-electron chi connectivity index (χ0n) is 14.0. The van der Waals surface area contributed by atoms with Crippen LogP contribution in [0, 0.1) is 5.82 Å². The second kappa shape index (κ2) is 8.43. The Morgan fingerprint density at radius 1 is 0.889 bits per heavy atom. The molecule has 27 heavy (non-hydrogen) atoms. The van der Waals surface area contributed by atoms with Gasteiger partial charge in [-0.15, -0.1) is 0 Å². The van der Waals surface area contributed by atoms with E-state index in [1.54, 1.807) is 48.8 Å². The fourth-order valence-corrected chi connectivity index (χ4v) is 2.17. The number of carbonyl (C=O) groups excluding carboxylic acids is 2. The van der Waals surface area contributed by atoms with Gasteiger partial charge in [0.05, 0.1) is 5.56 Å². The van der Waals surface area contributed by atoms with Gasteiger partial charge in [-0.3, -0.25) is 15.2 Å². The molecule has 0 saturated heterocycles. The lowest BCUT2D eigenvalue weighted by Crippen LogP contribution is -2.44. The normalized spacial score (nSPS) is 9.96. The van der Waals surface area contributed by atoms with Crippen molar-refractivity contribution in [2.75, 3.05) is 5.32 Å². The molecule has 136 valence electrons. The van der Waals surface area contributed by atoms with Gasteiger partial charge in [0.1, 0.15) is 17.3 Å². The number of ether oxygens (including phenoxy) is 1. The third-order valence-electron chi connectivity index (χ3n) is 3.39. The first-order valence-electron chi connectivity index (χ1n) is 7.91. The van der Waals surface area contributed by atoms with Gasteiger partial charge < -0.3 is 10.1 Å². The third-order valence-corrected chi connectivity index (χ3v) is 3.39. The molecule has 3 amide bonds. The zero-order valence-corrected chi connectivity index (χ0v) is 14.0. The molecule has 0 aliphatic heterocycles. The molecule has 0 saturated carbocycles. The van der Waals surface area contributed by atoms with E-state index in [1.165, 1.54) is 18.2 Å². The Balaban J connectivity index is 1.56. The van der Waals surface area contributed by atoms with Gasteiger partial charge in [0.2, 0.25) is 0 Å². The summed E-state index contributed by atoms with van der Waals surface area (Å²) in [5, 5.41) is 2.54. The number of nitrogens with one attached hydrogen (secondary N) is 3. The standard InChI is InChI=1S/C19H15FN4O3/c20-17-7-2-1-6-16(17)18(25)23-24-19(26)22-13-4-3-5-15(12-13)27-14-8-10-21-11-9-14/h1-12H,(H,23,25)(H2,22,24,26). The summed E-state index contributed by atoms with van der Waals surface area (Å²) in [7, 11) is 0. The van der Waals surface area contributed by atoms with Crippen LogP contribution in [0.5, 0.6) is 11.5 Å². The molecule has 2 aromatic carbocycles. The van der Waals surface area contributed by atoms with Crippen molar-refractivity contribution in [3.8, 4) is 11.5 Å². The minimum absolute atomic E-state index is 0.175. The molecule has 3 rings (SSSR count). The van der Waals surface area contributed by atoms with E-state index >= 15 is 0 Å². The lowest BCUT2D eigenvalue weighted by molar-refractivity contribution is 0.0934. The minimum atomic E-state index is -0.766. The monoisotopic (exact) mass is 366 g/mol. The van der Waals surface area contributed by atoms with Gasteiger partial charge in [0, 0.05) is 24.1 Å². The molecular weight excluding hydrogens is 351 g/mol. The predicted octanol–water partition coefficient (Wildman–Crippen LogP) is 3.48. The van der Waals surface area contributed by atoms with Crippen molar-refractivity contribution in [1.82, 2.24) is 15.8 Å². The summed E-state index contributed by atoms with van der Waals surface area (Å²) in [4.78, 5) is 27.7. The van der Waals surface area contributed by atoms with Gasteiger partial charge in [-0.1, -0.05) is 18.2 Å². The van der Waals surface area contributed by atoms with Crippen LogP contribution in [0.1, 0.15) is 10.4 Å². The van der Waals surface area contributed by atoms with Crippen molar-refractivity contribution in [3.05, 3.63) is 84.4 Å². The van der Waals surface area contributed by atoms with Crippen molar-refractivity contribution >= 4 is 17.6 Å². The molecule has 1 aromatic heterocycles. The maximum absolute atomic E-state index is 13.5. The molecule has 3 N–H and O–H groups in total. The Morgan fingerprint density at radius 2 is 1.67 bits per heavy atom. The topological polar surface area (TPSA) is 92.4 Å². The van der Waals surface area contributed by atoms with Gasteiger partial charge in [0.25, 0.3) is 5.91 Å². The Hall–Kier alpha value is -3.94. The Morgan fingerprint density at radius 3 is 2.44 bits per heavy atom. The summed E-state index contributed by atoms with van der Waals surface area (Å²) in [5.41, 5.74) is 4.56. The maximum atomic E-state index is 13.5. The SMILES string of the molecule is O=C(NNC(=O)c1ccccc1F)Nc1cccc(Oc2ccncc2)c1. The molecule has 3 aromatic rings. The highest BCUT2D eigenvalue weighted by Gasteiger charge is 2.11. The number of rotatable bonds is 4. The quantitative estimate of drug-likeness (QED) is 0.617. The van der Waals surface area contributed by atoms with Crippen LogP contribution < -0.4 is 20.9 Å². The zero-order chi connectivity index (χ0) is 19.1. The highest BCUT2D eigenvalue weighted by Crippen LogP contribution is 2.23. The number of hydrogen-bond acceptors (Lipinski definition) is 4. The summed E-state index contributed by atoms with van der Waals surface area (Å²) >= 11 is 0. The molecule has 0 bridgehead atoms. The molecular formula is C19H15FN4O3. The number of anilines is 1. The average molecular weight is 366 g/mol. The lowest BCUT2D eigenvalue weighted by atomic mass is 10.2. The third kappa shape index (κ3) is 5.02. The number of urea groups is 1. The first-order chi connectivity index (χ1) is 13.1. The Bertz CT molecular complexity index is 950. The van der Waals surface area contributed by atoms with Crippen LogP contribution in [-0.4, -0.2) is 16.9 Å². The van der Waals surface area contributed by atoms with E-state index in [0.717, 1.165) is 6.07 Å². The molecule has 7 nitrogen and oxygen atoms in total. The molecule has 0 aliphatic rings. The van der Waals surface area contributed by atoms with Crippen molar-refractivity contribution in [3.63, 3.8) is 0 Å². The van der Waals surface area contributed by atoms with E-state index in [-0.39, 0.29) is 5.56 Å². The number of nitrogens with zero attached hydrogens (tertiary/aromatic N) is 1. The molecule has 1 heterocycles. The molecule has 0 atom stereocenters. The second-order valence-electron chi connectivity index (χ2n) is 5.33. The van der Waals surface area contributed by atoms with Crippen LogP contribution in [0.4, 0.5) is 14.9 Å². The smallest absolute Gasteiger partial charge is 0.337 e. The Labute approximate surface area is 154 Å². The predicted molar refractivity (Wildman–Crippen MR) is 96.8 cm³/mol. The number of aromatic nitrogens is 1. The van der Waals surface area contributed by atoms with Gasteiger partial charge in [-0.25, -0.2) is 14.6 Å². The maximum Gasteiger partial charge on any atom is 0.337 e. The van der Waals surface area contributed by atoms with E-state index in [0.29, 0.717) is 17.2 Å². The van der Waals surface area contributed by atoms with Gasteiger partial charge in [-0.2, -0.15) is 0 Å². The summed E-state index contributed by atoms with van der Waals surface area (Å²) in [6, 6.07) is 14.8. The van der Waals surface area contributed by atoms with E-state index in [1.807, 2.05) is 0 Å². The molecule has 0 unspecified atom stereocenters. The molecule has 0 spiro atoms. The second-order valence-corrected chi connectivity index (χ2v) is 5.33. The first kappa shape index (κ1) is 17.9. The van der Waals surface area contributed by atoms with Crippen molar-refractivity contribution in [1.29, 1.82) is 0 Å². The fraction of sp³-hybridized carbons (Fsp3) is 0. The van der Waals surface area contributed by atoms with Gasteiger partial charge in [-0.05, 0) is 36.4 Å². The van der Waals surface area contributed by atoms with Crippen LogP contribution in [-0.2, 0) is 0 Å². The van der Waals surface area contributed by atoms with Crippen molar-refractivity contribution in [2.24, 2.45) is 0 Å².